The van der Waals surface area contributed by atoms with E-state index in [0.717, 1.165) is 0 Å². The monoisotopic (exact) mass is 217 g/mol. The Bertz CT molecular complexity index is 419. The van der Waals surface area contributed by atoms with Crippen LogP contribution in [0.1, 0.15) is 5.56 Å². The molecule has 0 amide bonds. The molecule has 16 heavy (non-hydrogen) atoms. The van der Waals surface area contributed by atoms with E-state index < -0.39 is 0 Å². The summed E-state index contributed by atoms with van der Waals surface area (Å²) in [6.45, 7) is 0. The van der Waals surface area contributed by atoms with E-state index in [4.69, 9.17) is 12.6 Å². The maximum absolute atomic E-state index is 10.7. The molecule has 0 saturated heterocycles. The highest BCUT2D eigenvalue weighted by molar-refractivity contribution is 6.34. The van der Waals surface area contributed by atoms with E-state index in [2.05, 4.69) is 10.2 Å². The Kier molecular flexibility index (Phi) is 4.05. The predicted octanol–water partition coefficient (Wildman–Crippen LogP) is 0.814. The van der Waals surface area contributed by atoms with Crippen LogP contribution in [-0.4, -0.2) is 38.9 Å². The van der Waals surface area contributed by atoms with Gasteiger partial charge in [-0.25, -0.2) is 4.98 Å². The second kappa shape index (κ2) is 5.30. The highest BCUT2D eigenvalue weighted by Crippen LogP contribution is 2.28. The largest absolute Gasteiger partial charge is 0.479 e. The molecule has 0 aliphatic heterocycles. The summed E-state index contributed by atoms with van der Waals surface area (Å²) in [5.74, 6) is 0.169. The first-order chi connectivity index (χ1) is 7.60. The Balaban J connectivity index is 3.28. The minimum Gasteiger partial charge on any atom is -0.479 e. The van der Waals surface area contributed by atoms with Gasteiger partial charge in [0.15, 0.2) is 5.69 Å². The lowest BCUT2D eigenvalue weighted by molar-refractivity contribution is 0.399. The Morgan fingerprint density at radius 1 is 1.56 bits per heavy atom. The maximum atomic E-state index is 10.7. The average Bonchev–Trinajstić information content (AvgIpc) is 2.26. The van der Waals surface area contributed by atoms with Gasteiger partial charge >= 0.3 is 0 Å². The zero-order chi connectivity index (χ0) is 12.1. The van der Waals surface area contributed by atoms with Crippen molar-refractivity contribution in [2.24, 2.45) is 5.18 Å². The summed E-state index contributed by atoms with van der Waals surface area (Å²) >= 11 is 0. The van der Waals surface area contributed by atoms with Crippen LogP contribution in [0, 0.1) is 4.91 Å². The van der Waals surface area contributed by atoms with Crippen LogP contribution in [0.25, 0.3) is 6.08 Å². The first-order valence-corrected chi connectivity index (χ1v) is 4.60. The summed E-state index contributed by atoms with van der Waals surface area (Å²) in [5.41, 5.74) is 1.00. The van der Waals surface area contributed by atoms with Gasteiger partial charge in [-0.2, -0.15) is 0 Å². The molecule has 82 valence electrons. The molecule has 5 nitrogen and oxygen atoms in total. The molecular weight excluding hydrogens is 205 g/mol. The van der Waals surface area contributed by atoms with Crippen molar-refractivity contribution in [3.8, 4) is 5.88 Å². The summed E-state index contributed by atoms with van der Waals surface area (Å²) in [7, 11) is 10.9. The van der Waals surface area contributed by atoms with Gasteiger partial charge in [0.2, 0.25) is 5.88 Å². The fraction of sp³-hybridized carbons (Fsp3) is 0.300. The van der Waals surface area contributed by atoms with Gasteiger partial charge in [-0.3, -0.25) is 0 Å². The summed E-state index contributed by atoms with van der Waals surface area (Å²) in [6.07, 6.45) is 4.89. The summed E-state index contributed by atoms with van der Waals surface area (Å²) in [6, 6.07) is 0. The molecule has 1 heterocycles. The van der Waals surface area contributed by atoms with Gasteiger partial charge < -0.3 is 9.64 Å². The number of aromatic nitrogens is 1. The first-order valence-electron chi connectivity index (χ1n) is 4.60. The molecule has 1 aromatic rings. The molecule has 0 aliphatic carbocycles. The van der Waals surface area contributed by atoms with Gasteiger partial charge in [0.05, 0.1) is 7.11 Å². The molecular formula is C10H12BN3O2. The van der Waals surface area contributed by atoms with Crippen LogP contribution in [0.2, 0.25) is 0 Å². The molecule has 0 aliphatic rings. The molecule has 0 aromatic carbocycles. The lowest BCUT2D eigenvalue weighted by atomic mass is 9.91. The van der Waals surface area contributed by atoms with Crippen LogP contribution in [0.4, 0.5) is 5.69 Å². The number of pyridine rings is 1. The lowest BCUT2D eigenvalue weighted by Gasteiger charge is -2.09. The number of rotatable bonds is 4. The van der Waals surface area contributed by atoms with Crippen LogP contribution in [0.15, 0.2) is 17.6 Å². The molecule has 0 saturated carbocycles. The van der Waals surface area contributed by atoms with E-state index in [1.807, 2.05) is 19.0 Å². The van der Waals surface area contributed by atoms with Crippen LogP contribution in [-0.2, 0) is 0 Å². The topological polar surface area (TPSA) is 54.8 Å². The van der Waals surface area contributed by atoms with E-state index in [1.54, 1.807) is 12.3 Å². The normalized spacial score (nSPS) is 10.4. The SMILES string of the molecule is [B]c1cnc(OC)c(N=O)c1/C=C/N(C)C. The quantitative estimate of drug-likeness (QED) is 0.553. The number of hydrogen-bond acceptors (Lipinski definition) is 5. The fourth-order valence-corrected chi connectivity index (χ4v) is 1.15. The average molecular weight is 217 g/mol. The Hall–Kier alpha value is -1.85. The molecule has 2 radical (unpaired) electrons. The molecule has 1 rings (SSSR count). The Morgan fingerprint density at radius 2 is 2.25 bits per heavy atom. The third-order valence-electron chi connectivity index (χ3n) is 1.91. The van der Waals surface area contributed by atoms with Crippen molar-refractivity contribution in [2.45, 2.75) is 0 Å². The zero-order valence-corrected chi connectivity index (χ0v) is 9.47. The van der Waals surface area contributed by atoms with Gasteiger partial charge in [0, 0.05) is 25.9 Å². The van der Waals surface area contributed by atoms with Gasteiger partial charge in [-0.05, 0) is 17.5 Å². The smallest absolute Gasteiger partial charge is 0.243 e. The summed E-state index contributed by atoms with van der Waals surface area (Å²) in [4.78, 5) is 16.4. The van der Waals surface area contributed by atoms with Crippen LogP contribution in [0.3, 0.4) is 0 Å². The third-order valence-corrected chi connectivity index (χ3v) is 1.91. The zero-order valence-electron chi connectivity index (χ0n) is 9.47. The van der Waals surface area contributed by atoms with Crippen molar-refractivity contribution in [2.75, 3.05) is 21.2 Å². The number of hydrogen-bond donors (Lipinski definition) is 0. The van der Waals surface area contributed by atoms with E-state index in [1.165, 1.54) is 13.3 Å². The van der Waals surface area contributed by atoms with Crippen molar-refractivity contribution in [1.29, 1.82) is 0 Å². The summed E-state index contributed by atoms with van der Waals surface area (Å²) in [5, 5.41) is 2.89. The minimum atomic E-state index is 0.112. The first kappa shape index (κ1) is 12.2. The predicted molar refractivity (Wildman–Crippen MR) is 64.4 cm³/mol. The Labute approximate surface area is 95.5 Å². The van der Waals surface area contributed by atoms with Crippen molar-refractivity contribution < 1.29 is 4.74 Å². The highest BCUT2D eigenvalue weighted by Gasteiger charge is 2.11. The second-order valence-corrected chi connectivity index (χ2v) is 3.36. The van der Waals surface area contributed by atoms with Crippen LogP contribution >= 0.6 is 0 Å². The number of ether oxygens (including phenoxy) is 1. The molecule has 0 atom stereocenters. The highest BCUT2D eigenvalue weighted by atomic mass is 16.5. The summed E-state index contributed by atoms with van der Waals surface area (Å²) < 4.78 is 4.93. The third kappa shape index (κ3) is 2.59. The standard InChI is InChI=1S/C10H12BN3O2/c1-14(2)5-4-7-8(11)6-12-10(16-3)9(7)13-15/h4-6H,1-3H3/b5-4+. The van der Waals surface area contributed by atoms with E-state index in [-0.39, 0.29) is 11.6 Å². The van der Waals surface area contributed by atoms with Crippen molar-refractivity contribution >= 4 is 25.1 Å². The van der Waals surface area contributed by atoms with Gasteiger partial charge in [0.25, 0.3) is 0 Å². The van der Waals surface area contributed by atoms with E-state index in [0.29, 0.717) is 11.0 Å². The molecule has 6 heteroatoms. The van der Waals surface area contributed by atoms with Crippen molar-refractivity contribution in [1.82, 2.24) is 9.88 Å². The molecule has 0 bridgehead atoms. The van der Waals surface area contributed by atoms with Gasteiger partial charge in [0.1, 0.15) is 7.85 Å². The molecule has 0 spiro atoms. The number of methoxy groups -OCH3 is 1. The fourth-order valence-electron chi connectivity index (χ4n) is 1.15. The molecule has 1 aromatic heterocycles. The van der Waals surface area contributed by atoms with Gasteiger partial charge in [-0.15, -0.1) is 4.91 Å². The number of nitroso groups, excluding NO2 is 1. The van der Waals surface area contributed by atoms with Gasteiger partial charge in [-0.1, -0.05) is 5.46 Å². The minimum absolute atomic E-state index is 0.112. The van der Waals surface area contributed by atoms with E-state index in [9.17, 15) is 4.91 Å². The maximum Gasteiger partial charge on any atom is 0.243 e. The molecule has 0 fully saturated rings. The van der Waals surface area contributed by atoms with Crippen LogP contribution < -0.4 is 10.2 Å². The van der Waals surface area contributed by atoms with E-state index >= 15 is 0 Å². The molecule has 0 unspecified atom stereocenters. The molecule has 0 N–H and O–H groups in total. The van der Waals surface area contributed by atoms with Crippen molar-refractivity contribution in [3.63, 3.8) is 0 Å². The number of nitrogens with zero attached hydrogens (tertiary/aromatic N) is 3. The Morgan fingerprint density at radius 3 is 2.75 bits per heavy atom. The second-order valence-electron chi connectivity index (χ2n) is 3.36. The lowest BCUT2D eigenvalue weighted by Crippen LogP contribution is -2.10. The van der Waals surface area contributed by atoms with Crippen molar-refractivity contribution in [3.05, 3.63) is 22.9 Å². The van der Waals surface area contributed by atoms with Crippen LogP contribution in [0.5, 0.6) is 5.88 Å².